The van der Waals surface area contributed by atoms with Crippen molar-refractivity contribution < 1.29 is 4.92 Å². The number of hydrogen-bond acceptors (Lipinski definition) is 4. The normalized spacial score (nSPS) is 10.7. The second kappa shape index (κ2) is 6.07. The minimum Gasteiger partial charge on any atom is -0.291 e. The standard InChI is InChI=1S/C13H11Br2N3O3/c1-7-11(14)8(2)17(13(19)16-7)6-9-4-3-5-10(12(9)15)18(20)21/h3-5H,6H2,1-2H3. The summed E-state index contributed by atoms with van der Waals surface area (Å²) in [6.45, 7) is 3.75. The highest BCUT2D eigenvalue weighted by Crippen LogP contribution is 2.29. The molecule has 0 unspecified atom stereocenters. The first-order chi connectivity index (χ1) is 9.82. The maximum Gasteiger partial charge on any atom is 0.348 e. The molecule has 6 nitrogen and oxygen atoms in total. The van der Waals surface area contributed by atoms with E-state index < -0.39 is 4.92 Å². The Morgan fingerprint density at radius 1 is 1.29 bits per heavy atom. The third-order valence-corrected chi connectivity index (χ3v) is 5.18. The van der Waals surface area contributed by atoms with Gasteiger partial charge in [0.2, 0.25) is 0 Å². The van der Waals surface area contributed by atoms with Gasteiger partial charge in [-0.3, -0.25) is 14.7 Å². The van der Waals surface area contributed by atoms with Crippen molar-refractivity contribution in [3.8, 4) is 0 Å². The van der Waals surface area contributed by atoms with Gasteiger partial charge in [0.25, 0.3) is 5.69 Å². The van der Waals surface area contributed by atoms with Crippen LogP contribution in [0, 0.1) is 24.0 Å². The van der Waals surface area contributed by atoms with Crippen LogP contribution in [0.4, 0.5) is 5.69 Å². The van der Waals surface area contributed by atoms with Crippen LogP contribution in [0.25, 0.3) is 0 Å². The number of rotatable bonds is 3. The molecule has 0 amide bonds. The lowest BCUT2D eigenvalue weighted by atomic mass is 10.2. The molecule has 0 aliphatic carbocycles. The molecule has 110 valence electrons. The largest absolute Gasteiger partial charge is 0.348 e. The Bertz CT molecular complexity index is 787. The van der Waals surface area contributed by atoms with Crippen LogP contribution in [0.3, 0.4) is 0 Å². The van der Waals surface area contributed by atoms with Gasteiger partial charge in [0.15, 0.2) is 0 Å². The Labute approximate surface area is 137 Å². The number of halogens is 2. The van der Waals surface area contributed by atoms with Crippen molar-refractivity contribution in [3.05, 3.63) is 64.7 Å². The summed E-state index contributed by atoms with van der Waals surface area (Å²) >= 11 is 6.62. The molecule has 0 aliphatic rings. The van der Waals surface area contributed by atoms with E-state index in [1.807, 2.05) is 0 Å². The summed E-state index contributed by atoms with van der Waals surface area (Å²) in [6.07, 6.45) is 0. The minimum absolute atomic E-state index is 0.0302. The average Bonchev–Trinajstić information content (AvgIpc) is 2.42. The fourth-order valence-electron chi connectivity index (χ4n) is 1.96. The summed E-state index contributed by atoms with van der Waals surface area (Å²) in [7, 11) is 0. The van der Waals surface area contributed by atoms with Crippen LogP contribution >= 0.6 is 31.9 Å². The van der Waals surface area contributed by atoms with Gasteiger partial charge in [-0.1, -0.05) is 12.1 Å². The minimum atomic E-state index is -0.466. The van der Waals surface area contributed by atoms with E-state index in [2.05, 4.69) is 36.8 Å². The molecule has 2 rings (SSSR count). The molecule has 21 heavy (non-hydrogen) atoms. The van der Waals surface area contributed by atoms with Crippen molar-refractivity contribution in [2.45, 2.75) is 20.4 Å². The quantitative estimate of drug-likeness (QED) is 0.567. The zero-order valence-corrected chi connectivity index (χ0v) is 14.4. The molecule has 0 bridgehead atoms. The molecule has 2 aromatic rings. The molecule has 0 spiro atoms. The van der Waals surface area contributed by atoms with Gasteiger partial charge in [0, 0.05) is 11.8 Å². The van der Waals surface area contributed by atoms with Crippen molar-refractivity contribution in [1.29, 1.82) is 0 Å². The van der Waals surface area contributed by atoms with E-state index >= 15 is 0 Å². The summed E-state index contributed by atoms with van der Waals surface area (Å²) in [5, 5.41) is 10.9. The van der Waals surface area contributed by atoms with Gasteiger partial charge in [-0.15, -0.1) is 0 Å². The van der Waals surface area contributed by atoms with E-state index in [9.17, 15) is 14.9 Å². The average molecular weight is 417 g/mol. The molecular formula is C13H11Br2N3O3. The SMILES string of the molecule is Cc1nc(=O)n(Cc2cccc([N+](=O)[O-])c2Br)c(C)c1Br. The monoisotopic (exact) mass is 415 g/mol. The summed E-state index contributed by atoms with van der Waals surface area (Å²) < 4.78 is 2.60. The zero-order chi connectivity index (χ0) is 15.7. The third-order valence-electron chi connectivity index (χ3n) is 3.12. The first-order valence-electron chi connectivity index (χ1n) is 5.98. The molecule has 0 radical (unpaired) electrons. The van der Waals surface area contributed by atoms with Crippen molar-refractivity contribution in [2.75, 3.05) is 0 Å². The maximum atomic E-state index is 12.0. The van der Waals surface area contributed by atoms with Gasteiger partial charge in [-0.05, 0) is 51.3 Å². The van der Waals surface area contributed by atoms with Crippen molar-refractivity contribution >= 4 is 37.5 Å². The molecule has 0 fully saturated rings. The molecule has 8 heteroatoms. The molecular weight excluding hydrogens is 406 g/mol. The van der Waals surface area contributed by atoms with E-state index in [0.717, 1.165) is 10.2 Å². The lowest BCUT2D eigenvalue weighted by Crippen LogP contribution is -2.27. The molecule has 0 N–H and O–H groups in total. The van der Waals surface area contributed by atoms with Crippen LogP contribution in [0.5, 0.6) is 0 Å². The van der Waals surface area contributed by atoms with Crippen LogP contribution in [0.1, 0.15) is 17.0 Å². The van der Waals surface area contributed by atoms with Crippen LogP contribution in [-0.2, 0) is 6.54 Å². The molecule has 0 saturated heterocycles. The number of nitro benzene ring substituents is 1. The van der Waals surface area contributed by atoms with Gasteiger partial charge >= 0.3 is 5.69 Å². The van der Waals surface area contributed by atoms with E-state index in [1.54, 1.807) is 26.0 Å². The molecule has 0 atom stereocenters. The Morgan fingerprint density at radius 3 is 2.57 bits per heavy atom. The molecule has 0 aliphatic heterocycles. The number of aryl methyl sites for hydroxylation is 1. The fourth-order valence-corrected chi connectivity index (χ4v) is 2.80. The molecule has 0 saturated carbocycles. The highest BCUT2D eigenvalue weighted by molar-refractivity contribution is 9.11. The topological polar surface area (TPSA) is 78.0 Å². The van der Waals surface area contributed by atoms with Crippen molar-refractivity contribution in [3.63, 3.8) is 0 Å². The van der Waals surface area contributed by atoms with Crippen LogP contribution < -0.4 is 5.69 Å². The Morgan fingerprint density at radius 2 is 1.95 bits per heavy atom. The number of benzene rings is 1. The summed E-state index contributed by atoms with van der Waals surface area (Å²) in [4.78, 5) is 26.4. The van der Waals surface area contributed by atoms with Crippen molar-refractivity contribution in [1.82, 2.24) is 9.55 Å². The van der Waals surface area contributed by atoms with E-state index in [0.29, 0.717) is 15.7 Å². The van der Waals surface area contributed by atoms with Crippen LogP contribution in [-0.4, -0.2) is 14.5 Å². The zero-order valence-electron chi connectivity index (χ0n) is 11.3. The summed E-state index contributed by atoms with van der Waals surface area (Å²) in [6, 6.07) is 4.73. The predicted molar refractivity (Wildman–Crippen MR) is 85.6 cm³/mol. The Balaban J connectivity index is 2.54. The van der Waals surface area contributed by atoms with Gasteiger partial charge in [0.1, 0.15) is 4.47 Å². The van der Waals surface area contributed by atoms with Gasteiger partial charge in [-0.2, -0.15) is 4.98 Å². The Kier molecular flexibility index (Phi) is 4.58. The first kappa shape index (κ1) is 15.8. The third kappa shape index (κ3) is 3.06. The fraction of sp³-hybridized carbons (Fsp3) is 0.231. The lowest BCUT2D eigenvalue weighted by Gasteiger charge is -2.13. The van der Waals surface area contributed by atoms with Crippen LogP contribution in [0.15, 0.2) is 31.9 Å². The highest BCUT2D eigenvalue weighted by atomic mass is 79.9. The van der Waals surface area contributed by atoms with E-state index in [-0.39, 0.29) is 17.9 Å². The smallest absolute Gasteiger partial charge is 0.291 e. The second-order valence-corrected chi connectivity index (χ2v) is 6.06. The number of aromatic nitrogens is 2. The molecule has 1 aromatic carbocycles. The van der Waals surface area contributed by atoms with Gasteiger partial charge < -0.3 is 0 Å². The molecule has 1 aromatic heterocycles. The number of nitrogens with zero attached hydrogens (tertiary/aromatic N) is 3. The van der Waals surface area contributed by atoms with Gasteiger partial charge in [0.05, 0.1) is 21.6 Å². The lowest BCUT2D eigenvalue weighted by molar-refractivity contribution is -0.385. The first-order valence-corrected chi connectivity index (χ1v) is 7.57. The highest BCUT2D eigenvalue weighted by Gasteiger charge is 2.17. The van der Waals surface area contributed by atoms with Gasteiger partial charge in [-0.25, -0.2) is 4.79 Å². The number of nitro groups is 1. The predicted octanol–water partition coefficient (Wildman–Crippen LogP) is 3.34. The summed E-state index contributed by atoms with van der Waals surface area (Å²) in [5.41, 5.74) is 1.58. The van der Waals surface area contributed by atoms with E-state index in [4.69, 9.17) is 0 Å². The number of hydrogen-bond donors (Lipinski definition) is 0. The maximum absolute atomic E-state index is 12.0. The van der Waals surface area contributed by atoms with Crippen molar-refractivity contribution in [2.24, 2.45) is 0 Å². The van der Waals surface area contributed by atoms with Crippen LogP contribution in [0.2, 0.25) is 0 Å². The second-order valence-electron chi connectivity index (χ2n) is 4.47. The Hall–Kier alpha value is -1.54. The summed E-state index contributed by atoms with van der Waals surface area (Å²) in [5.74, 6) is 0. The molecule has 1 heterocycles. The van der Waals surface area contributed by atoms with E-state index in [1.165, 1.54) is 10.6 Å².